The van der Waals surface area contributed by atoms with Crippen LogP contribution < -0.4 is 0 Å². The molecule has 0 aliphatic rings. The molecule has 0 saturated carbocycles. The summed E-state index contributed by atoms with van der Waals surface area (Å²) in [5, 5.41) is 8.42. The lowest BCUT2D eigenvalue weighted by Crippen LogP contribution is -2.08. The number of ketones is 1. The van der Waals surface area contributed by atoms with Crippen LogP contribution in [0.25, 0.3) is 0 Å². The molecule has 68 valence electrons. The minimum Gasteiger partial charge on any atom is -0.478 e. The Labute approximate surface area is 72.1 Å². The van der Waals surface area contributed by atoms with E-state index in [4.69, 9.17) is 5.11 Å². The molecule has 12 heavy (non-hydrogen) atoms. The van der Waals surface area contributed by atoms with Crippen LogP contribution in [0.2, 0.25) is 0 Å². The van der Waals surface area contributed by atoms with Crippen LogP contribution in [-0.2, 0) is 9.59 Å². The smallest absolute Gasteiger partial charge is 0.330 e. The fourth-order valence-corrected chi connectivity index (χ4v) is 0.670. The molecule has 0 saturated heterocycles. The molecule has 0 radical (unpaired) electrons. The van der Waals surface area contributed by atoms with E-state index >= 15 is 0 Å². The van der Waals surface area contributed by atoms with Crippen LogP contribution in [0.3, 0.4) is 0 Å². The molecule has 0 amide bonds. The van der Waals surface area contributed by atoms with Gasteiger partial charge < -0.3 is 5.11 Å². The Morgan fingerprint density at radius 3 is 2.17 bits per heavy atom. The van der Waals surface area contributed by atoms with Gasteiger partial charge in [0.1, 0.15) is 5.78 Å². The maximum Gasteiger partial charge on any atom is 0.330 e. The highest BCUT2D eigenvalue weighted by atomic mass is 16.4. The second kappa shape index (κ2) is 4.70. The average Bonchev–Trinajstić information content (AvgIpc) is 1.98. The molecule has 0 rings (SSSR count). The Kier molecular flexibility index (Phi) is 4.26. The van der Waals surface area contributed by atoms with Gasteiger partial charge in [-0.25, -0.2) is 4.79 Å². The van der Waals surface area contributed by atoms with Crippen LogP contribution in [0, 0.1) is 5.92 Å². The first-order valence-corrected chi connectivity index (χ1v) is 3.89. The highest BCUT2D eigenvalue weighted by Crippen LogP contribution is 2.07. The molecule has 0 aliphatic heterocycles. The minimum atomic E-state index is -1.02. The maximum atomic E-state index is 11.0. The average molecular weight is 170 g/mol. The van der Waals surface area contributed by atoms with Crippen molar-refractivity contribution in [1.29, 1.82) is 0 Å². The van der Waals surface area contributed by atoms with Gasteiger partial charge in [0, 0.05) is 17.9 Å². The number of hydrogen-bond acceptors (Lipinski definition) is 2. The van der Waals surface area contributed by atoms with Gasteiger partial charge in [-0.05, 0) is 6.42 Å². The zero-order valence-electron chi connectivity index (χ0n) is 7.46. The summed E-state index contributed by atoms with van der Waals surface area (Å²) in [5.74, 6) is -0.962. The van der Waals surface area contributed by atoms with E-state index in [2.05, 4.69) is 6.58 Å². The van der Waals surface area contributed by atoms with Crippen molar-refractivity contribution in [3.8, 4) is 0 Å². The number of carboxylic acid groups (broad SMARTS) is 1. The fraction of sp³-hybridized carbons (Fsp3) is 0.556. The van der Waals surface area contributed by atoms with Crippen molar-refractivity contribution in [2.45, 2.75) is 26.7 Å². The maximum absolute atomic E-state index is 11.0. The van der Waals surface area contributed by atoms with Gasteiger partial charge in [-0.1, -0.05) is 20.4 Å². The lowest BCUT2D eigenvalue weighted by atomic mass is 10.0. The van der Waals surface area contributed by atoms with E-state index in [0.29, 0.717) is 0 Å². The Morgan fingerprint density at radius 1 is 1.33 bits per heavy atom. The van der Waals surface area contributed by atoms with Crippen molar-refractivity contribution in [1.82, 2.24) is 0 Å². The topological polar surface area (TPSA) is 54.4 Å². The first kappa shape index (κ1) is 10.9. The number of carbonyl (C=O) groups excluding carboxylic acids is 1. The van der Waals surface area contributed by atoms with Crippen LogP contribution in [0.4, 0.5) is 0 Å². The molecule has 1 N–H and O–H groups in total. The summed E-state index contributed by atoms with van der Waals surface area (Å²) in [6.07, 6.45) is 0.537. The lowest BCUT2D eigenvalue weighted by molar-refractivity contribution is -0.132. The zero-order valence-corrected chi connectivity index (χ0v) is 7.46. The Hall–Kier alpha value is -1.12. The van der Waals surface area contributed by atoms with Crippen LogP contribution in [-0.4, -0.2) is 16.9 Å². The molecular formula is C9H14O3. The summed E-state index contributed by atoms with van der Waals surface area (Å²) < 4.78 is 0. The molecule has 0 atom stereocenters. The summed E-state index contributed by atoms with van der Waals surface area (Å²) in [6.45, 7) is 6.93. The second-order valence-corrected chi connectivity index (χ2v) is 3.03. The van der Waals surface area contributed by atoms with E-state index in [1.54, 1.807) is 13.8 Å². The number of hydrogen-bond donors (Lipinski definition) is 1. The number of rotatable bonds is 5. The number of Topliss-reactive ketones (excluding diaryl/α,β-unsaturated/α-hetero) is 1. The van der Waals surface area contributed by atoms with Crippen LogP contribution >= 0.6 is 0 Å². The fourth-order valence-electron chi connectivity index (χ4n) is 0.670. The second-order valence-electron chi connectivity index (χ2n) is 3.03. The molecule has 3 nitrogen and oxygen atoms in total. The third kappa shape index (κ3) is 3.91. The highest BCUT2D eigenvalue weighted by molar-refractivity contribution is 5.87. The van der Waals surface area contributed by atoms with E-state index in [1.165, 1.54) is 0 Å². The predicted molar refractivity (Wildman–Crippen MR) is 45.9 cm³/mol. The Bertz CT molecular complexity index is 204. The van der Waals surface area contributed by atoms with Gasteiger partial charge in [0.2, 0.25) is 0 Å². The summed E-state index contributed by atoms with van der Waals surface area (Å²) in [4.78, 5) is 21.3. The van der Waals surface area contributed by atoms with Gasteiger partial charge in [-0.15, -0.1) is 0 Å². The Balaban J connectivity index is 3.77. The van der Waals surface area contributed by atoms with Crippen molar-refractivity contribution in [3.05, 3.63) is 12.2 Å². The molecule has 3 heteroatoms. The molecule has 0 aromatic rings. The van der Waals surface area contributed by atoms with E-state index < -0.39 is 5.97 Å². The van der Waals surface area contributed by atoms with Gasteiger partial charge in [-0.2, -0.15) is 0 Å². The normalized spacial score (nSPS) is 9.92. The standard InChI is InChI=1S/C9H14O3/c1-6(2)8(10)5-4-7(3)9(11)12/h6H,3-5H2,1-2H3,(H,11,12). The minimum absolute atomic E-state index is 0.0217. The first-order chi connectivity index (χ1) is 5.45. The summed E-state index contributed by atoms with van der Waals surface area (Å²) in [7, 11) is 0. The SMILES string of the molecule is C=C(CCC(=O)C(C)C)C(=O)O. The van der Waals surface area contributed by atoms with Gasteiger partial charge in [-0.3, -0.25) is 4.79 Å². The first-order valence-electron chi connectivity index (χ1n) is 3.89. The van der Waals surface area contributed by atoms with Gasteiger partial charge in [0.15, 0.2) is 0 Å². The molecule has 0 aliphatic carbocycles. The van der Waals surface area contributed by atoms with Crippen molar-refractivity contribution in [3.63, 3.8) is 0 Å². The van der Waals surface area contributed by atoms with Crippen molar-refractivity contribution in [2.75, 3.05) is 0 Å². The van der Waals surface area contributed by atoms with Crippen LogP contribution in [0.5, 0.6) is 0 Å². The number of carboxylic acids is 1. The molecule has 0 heterocycles. The molecule has 0 spiro atoms. The van der Waals surface area contributed by atoms with Crippen molar-refractivity contribution >= 4 is 11.8 Å². The predicted octanol–water partition coefficient (Wildman–Crippen LogP) is 1.63. The quantitative estimate of drug-likeness (QED) is 0.638. The van der Waals surface area contributed by atoms with Crippen LogP contribution in [0.1, 0.15) is 26.7 Å². The van der Waals surface area contributed by atoms with Gasteiger partial charge in [0.25, 0.3) is 0 Å². The monoisotopic (exact) mass is 170 g/mol. The third-order valence-corrected chi connectivity index (χ3v) is 1.62. The zero-order chi connectivity index (χ0) is 9.72. The summed E-state index contributed by atoms with van der Waals surface area (Å²) in [6, 6.07) is 0. The Morgan fingerprint density at radius 2 is 1.83 bits per heavy atom. The van der Waals surface area contributed by atoms with Crippen molar-refractivity contribution in [2.24, 2.45) is 5.92 Å². The molecule has 0 aromatic carbocycles. The molecule has 0 aromatic heterocycles. The lowest BCUT2D eigenvalue weighted by Gasteiger charge is -2.02. The highest BCUT2D eigenvalue weighted by Gasteiger charge is 2.10. The van der Waals surface area contributed by atoms with E-state index in [0.717, 1.165) is 0 Å². The molecule has 0 fully saturated rings. The molecule has 0 unspecified atom stereocenters. The summed E-state index contributed by atoms with van der Waals surface area (Å²) in [5.41, 5.74) is 0.101. The van der Waals surface area contributed by atoms with E-state index in [-0.39, 0.29) is 30.1 Å². The molecule has 0 bridgehead atoms. The van der Waals surface area contributed by atoms with Crippen LogP contribution in [0.15, 0.2) is 12.2 Å². The number of carbonyl (C=O) groups is 2. The van der Waals surface area contributed by atoms with E-state index in [9.17, 15) is 9.59 Å². The van der Waals surface area contributed by atoms with Gasteiger partial charge >= 0.3 is 5.97 Å². The molecular weight excluding hydrogens is 156 g/mol. The number of aliphatic carboxylic acids is 1. The largest absolute Gasteiger partial charge is 0.478 e. The summed E-state index contributed by atoms with van der Waals surface area (Å²) >= 11 is 0. The van der Waals surface area contributed by atoms with Gasteiger partial charge in [0.05, 0.1) is 0 Å². The third-order valence-electron chi connectivity index (χ3n) is 1.62. The van der Waals surface area contributed by atoms with Crippen molar-refractivity contribution < 1.29 is 14.7 Å². The van der Waals surface area contributed by atoms with E-state index in [1.807, 2.05) is 0 Å².